The number of aromatic nitrogens is 1. The van der Waals surface area contributed by atoms with Crippen molar-refractivity contribution < 1.29 is 14.7 Å². The maximum atomic E-state index is 14.5. The molecule has 1 amide bonds. The molecule has 1 aromatic heterocycles. The summed E-state index contributed by atoms with van der Waals surface area (Å²) >= 11 is 6.58. The molecule has 3 fully saturated rings. The van der Waals surface area contributed by atoms with Crippen LogP contribution in [0.1, 0.15) is 131 Å². The summed E-state index contributed by atoms with van der Waals surface area (Å²) in [5, 5.41) is 15.3. The smallest absolute Gasteiger partial charge is 0.326 e. The van der Waals surface area contributed by atoms with E-state index in [1.165, 1.54) is 40.6 Å². The zero-order chi connectivity index (χ0) is 34.8. The lowest BCUT2D eigenvalue weighted by Crippen LogP contribution is -2.65. The first-order valence-electron chi connectivity index (χ1n) is 18.8. The predicted octanol–water partition coefficient (Wildman–Crippen LogP) is 10.3. The van der Waals surface area contributed by atoms with E-state index < -0.39 is 17.4 Å². The Balaban J connectivity index is 1.30. The van der Waals surface area contributed by atoms with E-state index in [2.05, 4.69) is 77.0 Å². The molecule has 5 aliphatic rings. The van der Waals surface area contributed by atoms with E-state index in [4.69, 9.17) is 11.6 Å². The molecule has 0 radical (unpaired) electrons. The van der Waals surface area contributed by atoms with Gasteiger partial charge in [-0.2, -0.15) is 0 Å². The van der Waals surface area contributed by atoms with E-state index in [1.807, 2.05) is 19.9 Å². The third-order valence-electron chi connectivity index (χ3n) is 15.6. The van der Waals surface area contributed by atoms with Crippen molar-refractivity contribution in [3.63, 3.8) is 0 Å². The van der Waals surface area contributed by atoms with Crippen molar-refractivity contribution in [1.82, 2.24) is 10.3 Å². The number of fused-ring (bicyclic) bond motifs is 10. The number of hydrogen-bond donors (Lipinski definition) is 3. The Morgan fingerprint density at radius 1 is 1.00 bits per heavy atom. The Hall–Kier alpha value is -2.27. The average molecular weight is 675 g/mol. The van der Waals surface area contributed by atoms with Crippen molar-refractivity contribution in [1.29, 1.82) is 0 Å². The van der Waals surface area contributed by atoms with E-state index >= 15 is 0 Å². The summed E-state index contributed by atoms with van der Waals surface area (Å²) in [6, 6.07) is 5.48. The van der Waals surface area contributed by atoms with Gasteiger partial charge in [-0.15, -0.1) is 0 Å². The fraction of sp³-hybridized carbons (Fsp3) is 0.714. The second-order valence-electron chi connectivity index (χ2n) is 19.4. The molecule has 5 aliphatic carbocycles. The van der Waals surface area contributed by atoms with Crippen LogP contribution in [0.2, 0.25) is 5.02 Å². The highest BCUT2D eigenvalue weighted by Crippen LogP contribution is 2.75. The van der Waals surface area contributed by atoms with Crippen molar-refractivity contribution in [2.75, 3.05) is 0 Å². The maximum Gasteiger partial charge on any atom is 0.326 e. The Morgan fingerprint density at radius 3 is 2.40 bits per heavy atom. The normalized spacial score (nSPS) is 38.5. The van der Waals surface area contributed by atoms with Crippen molar-refractivity contribution in [3.8, 4) is 0 Å². The van der Waals surface area contributed by atoms with E-state index in [0.717, 1.165) is 50.0 Å². The van der Waals surface area contributed by atoms with Gasteiger partial charge in [0.2, 0.25) is 5.91 Å². The molecule has 48 heavy (non-hydrogen) atoms. The van der Waals surface area contributed by atoms with Crippen LogP contribution in [0.15, 0.2) is 29.8 Å². The molecule has 0 spiro atoms. The van der Waals surface area contributed by atoms with Crippen LogP contribution in [0.4, 0.5) is 0 Å². The average Bonchev–Trinajstić information content (AvgIpc) is 3.34. The number of rotatable bonds is 5. The van der Waals surface area contributed by atoms with Gasteiger partial charge in [-0.3, -0.25) is 4.79 Å². The first-order valence-corrected chi connectivity index (χ1v) is 19.2. The van der Waals surface area contributed by atoms with Crippen LogP contribution >= 0.6 is 11.6 Å². The van der Waals surface area contributed by atoms with Crippen LogP contribution in [-0.4, -0.2) is 28.0 Å². The number of halogens is 1. The molecule has 1 aromatic carbocycles. The first-order chi connectivity index (χ1) is 22.3. The first kappa shape index (κ1) is 34.2. The summed E-state index contributed by atoms with van der Waals surface area (Å²) in [6.45, 7) is 21.5. The van der Waals surface area contributed by atoms with E-state index in [-0.39, 0.29) is 44.8 Å². The van der Waals surface area contributed by atoms with Crippen molar-refractivity contribution >= 4 is 34.4 Å². The number of carbonyl (C=O) groups is 2. The number of benzene rings is 1. The predicted molar refractivity (Wildman–Crippen MR) is 195 cm³/mol. The van der Waals surface area contributed by atoms with Gasteiger partial charge in [0.25, 0.3) is 0 Å². The number of carboxylic acids is 1. The molecule has 5 nitrogen and oxygen atoms in total. The highest BCUT2D eigenvalue weighted by molar-refractivity contribution is 6.31. The summed E-state index contributed by atoms with van der Waals surface area (Å²) in [6.07, 6.45) is 12.2. The van der Waals surface area contributed by atoms with Crippen LogP contribution in [0, 0.1) is 50.7 Å². The minimum Gasteiger partial charge on any atom is -0.480 e. The minimum absolute atomic E-state index is 0.0101. The molecule has 262 valence electrons. The zero-order valence-corrected chi connectivity index (χ0v) is 31.7. The van der Waals surface area contributed by atoms with Gasteiger partial charge in [-0.25, -0.2) is 4.79 Å². The Labute approximate surface area is 293 Å². The van der Waals surface area contributed by atoms with Gasteiger partial charge in [-0.05, 0) is 133 Å². The molecular formula is C42H59ClN2O3. The largest absolute Gasteiger partial charge is 0.480 e. The molecule has 0 unspecified atom stereocenters. The van der Waals surface area contributed by atoms with E-state index in [1.54, 1.807) is 0 Å². The molecule has 0 saturated heterocycles. The molecule has 1 heterocycles. The number of amides is 1. The lowest BCUT2D eigenvalue weighted by atomic mass is 9.33. The number of hydrogen-bond acceptors (Lipinski definition) is 2. The van der Waals surface area contributed by atoms with Crippen LogP contribution < -0.4 is 5.32 Å². The lowest BCUT2D eigenvalue weighted by Gasteiger charge is -2.70. The Morgan fingerprint density at radius 2 is 1.71 bits per heavy atom. The Bertz CT molecular complexity index is 1700. The van der Waals surface area contributed by atoms with Gasteiger partial charge in [0.15, 0.2) is 0 Å². The second kappa shape index (κ2) is 10.9. The molecule has 3 saturated carbocycles. The fourth-order valence-corrected chi connectivity index (χ4v) is 13.1. The number of H-pyrrole nitrogens is 1. The molecule has 0 aliphatic heterocycles. The molecule has 3 N–H and O–H groups in total. The van der Waals surface area contributed by atoms with Crippen LogP contribution in [0.5, 0.6) is 0 Å². The summed E-state index contributed by atoms with van der Waals surface area (Å²) in [5.41, 5.74) is 5.40. The van der Waals surface area contributed by atoms with Gasteiger partial charge in [0.05, 0.1) is 5.41 Å². The number of aromatic amines is 1. The van der Waals surface area contributed by atoms with Gasteiger partial charge in [0, 0.05) is 27.0 Å². The van der Waals surface area contributed by atoms with E-state index in [9.17, 15) is 14.7 Å². The molecule has 2 aromatic rings. The number of allylic oxidation sites excluding steroid dienone is 2. The van der Waals surface area contributed by atoms with Crippen LogP contribution in [0.3, 0.4) is 0 Å². The van der Waals surface area contributed by atoms with Gasteiger partial charge < -0.3 is 15.4 Å². The summed E-state index contributed by atoms with van der Waals surface area (Å²) < 4.78 is 0. The summed E-state index contributed by atoms with van der Waals surface area (Å²) in [4.78, 5) is 30.7. The SMILES string of the molecule is CC(C)C[C@H](NC(=O)[C@]12CCC(C)(C)C[C@H]1C1=CC[C@@H]3[C@@]4(C)Cc5c([nH]c6ccc(Cl)cc56)C(C)(C)[C@@H]4CC[C@@]3(C)[C@]1(C)CC2)C(=O)O. The van der Waals surface area contributed by atoms with Crippen molar-refractivity contribution in [3.05, 3.63) is 46.1 Å². The molecular weight excluding hydrogens is 616 g/mol. The third-order valence-corrected chi connectivity index (χ3v) is 15.8. The standard InChI is InChI=1S/C42H59ClN2O3/c1-24(2)20-31(35(46)47)45-36(48)42-18-16-37(3,4)23-29(42)28-11-13-33-39(7)22-27-26-21-25(43)10-12-30(26)44-34(27)38(5,6)32(39)14-15-41(33,9)40(28,8)17-19-42/h10-12,21,24,29,31-33,44H,13-20,22-23H2,1-9H3,(H,45,48)(H,46,47)/t29-,31-,32-,33+,39-,40+,41+,42-/m0/s1. The van der Waals surface area contributed by atoms with Gasteiger partial charge in [0.1, 0.15) is 6.04 Å². The highest BCUT2D eigenvalue weighted by atomic mass is 35.5. The molecule has 6 heteroatoms. The number of aliphatic carboxylic acids is 1. The van der Waals surface area contributed by atoms with E-state index in [0.29, 0.717) is 18.3 Å². The Kier molecular flexibility index (Phi) is 7.74. The quantitative estimate of drug-likeness (QED) is 0.276. The third kappa shape index (κ3) is 4.67. The molecule has 0 bridgehead atoms. The second-order valence-corrected chi connectivity index (χ2v) is 19.9. The number of carboxylic acid groups (broad SMARTS) is 1. The van der Waals surface area contributed by atoms with Crippen molar-refractivity contribution in [2.45, 2.75) is 138 Å². The van der Waals surface area contributed by atoms with Crippen LogP contribution in [-0.2, 0) is 21.4 Å². The maximum absolute atomic E-state index is 14.5. The number of carbonyl (C=O) groups excluding carboxylic acids is 1. The molecule has 7 rings (SSSR count). The monoisotopic (exact) mass is 674 g/mol. The minimum atomic E-state index is -0.921. The van der Waals surface area contributed by atoms with Gasteiger partial charge >= 0.3 is 5.97 Å². The molecule has 8 atom stereocenters. The topological polar surface area (TPSA) is 82.2 Å². The van der Waals surface area contributed by atoms with Crippen LogP contribution in [0.25, 0.3) is 10.9 Å². The summed E-state index contributed by atoms with van der Waals surface area (Å²) in [5.74, 6) is 0.484. The summed E-state index contributed by atoms with van der Waals surface area (Å²) in [7, 11) is 0. The van der Waals surface area contributed by atoms with Crippen molar-refractivity contribution in [2.24, 2.45) is 50.7 Å². The lowest BCUT2D eigenvalue weighted by molar-refractivity contribution is -0.168. The van der Waals surface area contributed by atoms with Gasteiger partial charge in [-0.1, -0.05) is 85.6 Å². The zero-order valence-electron chi connectivity index (χ0n) is 30.9. The highest BCUT2D eigenvalue weighted by Gasteiger charge is 2.69. The number of nitrogens with one attached hydrogen (secondary N) is 2. The fourth-order valence-electron chi connectivity index (χ4n) is 13.0.